The summed E-state index contributed by atoms with van der Waals surface area (Å²) >= 11 is 0. The molecule has 0 unspecified atom stereocenters. The van der Waals surface area contributed by atoms with E-state index in [1.165, 1.54) is 19.2 Å². The number of aromatic hydroxyl groups is 2. The maximum absolute atomic E-state index is 12.8. The molecule has 0 heterocycles. The van der Waals surface area contributed by atoms with Gasteiger partial charge in [-0.25, -0.2) is 0 Å². The van der Waals surface area contributed by atoms with Crippen LogP contribution in [-0.2, 0) is 0 Å². The zero-order valence-corrected chi connectivity index (χ0v) is 19.6. The molecule has 0 aliphatic rings. The summed E-state index contributed by atoms with van der Waals surface area (Å²) in [5.41, 5.74) is 1.67. The molecule has 3 aromatic carbocycles. The number of para-hydroxylation sites is 1. The molecule has 0 bridgehead atoms. The predicted molar refractivity (Wildman–Crippen MR) is 131 cm³/mol. The summed E-state index contributed by atoms with van der Waals surface area (Å²) in [4.78, 5) is 25.7. The molecule has 5 heteroatoms. The molecule has 0 aromatic heterocycles. The van der Waals surface area contributed by atoms with Crippen LogP contribution in [0.15, 0.2) is 70.3 Å². The van der Waals surface area contributed by atoms with Crippen LogP contribution >= 0.6 is 0 Å². The molecule has 2 N–H and O–H groups in total. The van der Waals surface area contributed by atoms with Crippen LogP contribution < -0.4 is 15.6 Å². The monoisotopic (exact) mass is 446 g/mol. The first-order valence-corrected chi connectivity index (χ1v) is 11.0. The van der Waals surface area contributed by atoms with Gasteiger partial charge in [-0.2, -0.15) is 0 Å². The highest BCUT2D eigenvalue weighted by molar-refractivity contribution is 5.55. The van der Waals surface area contributed by atoms with Gasteiger partial charge in [-0.1, -0.05) is 70.2 Å². The van der Waals surface area contributed by atoms with Crippen molar-refractivity contribution in [2.45, 2.75) is 45.4 Å². The lowest BCUT2D eigenvalue weighted by Gasteiger charge is -2.21. The largest absolute Gasteiger partial charge is 0.504 e. The Morgan fingerprint density at radius 1 is 0.667 bits per heavy atom. The molecule has 0 spiro atoms. The van der Waals surface area contributed by atoms with E-state index in [2.05, 4.69) is 0 Å². The highest BCUT2D eigenvalue weighted by Gasteiger charge is 2.27. The van der Waals surface area contributed by atoms with E-state index in [0.717, 1.165) is 11.1 Å². The van der Waals surface area contributed by atoms with Crippen molar-refractivity contribution in [3.63, 3.8) is 0 Å². The van der Waals surface area contributed by atoms with Gasteiger partial charge < -0.3 is 14.9 Å². The topological polar surface area (TPSA) is 83.8 Å². The van der Waals surface area contributed by atoms with Gasteiger partial charge in [-0.05, 0) is 41.2 Å². The van der Waals surface area contributed by atoms with Crippen molar-refractivity contribution < 1.29 is 14.9 Å². The molecule has 0 fully saturated rings. The SMILES string of the molecule is COc1ccccc1C(c1ccc(C(C)C)cc(=O)c1O)c1ccc(C(C)C)cc(=O)c1O. The Morgan fingerprint density at radius 3 is 1.55 bits per heavy atom. The molecule has 0 saturated carbocycles. The molecule has 3 rings (SSSR count). The average molecular weight is 447 g/mol. The minimum Gasteiger partial charge on any atom is -0.504 e. The van der Waals surface area contributed by atoms with Crippen molar-refractivity contribution in [2.24, 2.45) is 0 Å². The lowest BCUT2D eigenvalue weighted by atomic mass is 9.84. The molecule has 0 aliphatic carbocycles. The van der Waals surface area contributed by atoms with Gasteiger partial charge in [-0.15, -0.1) is 0 Å². The van der Waals surface area contributed by atoms with E-state index < -0.39 is 28.3 Å². The van der Waals surface area contributed by atoms with E-state index in [4.69, 9.17) is 4.74 Å². The maximum atomic E-state index is 12.8. The van der Waals surface area contributed by atoms with Crippen molar-refractivity contribution in [3.05, 3.63) is 109 Å². The van der Waals surface area contributed by atoms with E-state index >= 15 is 0 Å². The summed E-state index contributed by atoms with van der Waals surface area (Å²) in [7, 11) is 1.53. The molecule has 33 heavy (non-hydrogen) atoms. The third kappa shape index (κ3) is 4.92. The molecule has 172 valence electrons. The first kappa shape index (κ1) is 24.1. The second-order valence-corrected chi connectivity index (χ2v) is 8.78. The summed E-state index contributed by atoms with van der Waals surface area (Å²) in [5, 5.41) is 21.9. The second-order valence-electron chi connectivity index (χ2n) is 8.78. The summed E-state index contributed by atoms with van der Waals surface area (Å²) < 4.78 is 5.56. The molecule has 0 radical (unpaired) electrons. The van der Waals surface area contributed by atoms with Gasteiger partial charge in [0.15, 0.2) is 11.5 Å². The first-order valence-electron chi connectivity index (χ1n) is 11.0. The number of benzene rings is 1. The van der Waals surface area contributed by atoms with Gasteiger partial charge in [0, 0.05) is 22.6 Å². The Labute approximate surface area is 194 Å². The number of hydrogen-bond donors (Lipinski definition) is 2. The molecule has 3 aromatic rings. The van der Waals surface area contributed by atoms with E-state index in [9.17, 15) is 19.8 Å². The van der Waals surface area contributed by atoms with Crippen LogP contribution in [0.1, 0.15) is 73.3 Å². The normalized spacial score (nSPS) is 11.3. The second kappa shape index (κ2) is 9.90. The Bertz CT molecular complexity index is 1200. The standard InChI is InChI=1S/C28H30O5/c1-16(2)18-10-12-21(27(31)23(29)14-18)26(20-8-6-7-9-25(20)33-5)22-13-11-19(17(3)4)15-24(30)28(22)32/h6-17,26H,1-5H3,(H,29,31)(H,30,32). The van der Waals surface area contributed by atoms with Gasteiger partial charge in [0.05, 0.1) is 7.11 Å². The van der Waals surface area contributed by atoms with Crippen molar-refractivity contribution in [1.29, 1.82) is 0 Å². The highest BCUT2D eigenvalue weighted by Crippen LogP contribution is 2.41. The predicted octanol–water partition coefficient (Wildman–Crippen LogP) is 5.25. The molecule has 0 atom stereocenters. The van der Waals surface area contributed by atoms with Crippen LogP contribution in [0.5, 0.6) is 17.2 Å². The lowest BCUT2D eigenvalue weighted by molar-refractivity contribution is 0.407. The summed E-state index contributed by atoms with van der Waals surface area (Å²) in [6, 6.07) is 17.0. The summed E-state index contributed by atoms with van der Waals surface area (Å²) in [6.07, 6.45) is 0. The molecule has 5 nitrogen and oxygen atoms in total. The minimum absolute atomic E-state index is 0.0758. The van der Waals surface area contributed by atoms with Crippen LogP contribution in [0.25, 0.3) is 0 Å². The van der Waals surface area contributed by atoms with E-state index in [0.29, 0.717) is 11.3 Å². The van der Waals surface area contributed by atoms with Gasteiger partial charge in [0.1, 0.15) is 5.75 Å². The lowest BCUT2D eigenvalue weighted by Crippen LogP contribution is -2.10. The molecular weight excluding hydrogens is 416 g/mol. The van der Waals surface area contributed by atoms with Crippen LogP contribution in [0, 0.1) is 0 Å². The van der Waals surface area contributed by atoms with Gasteiger partial charge in [0.2, 0.25) is 10.9 Å². The average Bonchev–Trinajstić information content (AvgIpc) is 3.03. The Hall–Kier alpha value is -3.60. The van der Waals surface area contributed by atoms with E-state index in [1.807, 2.05) is 27.7 Å². The Balaban J connectivity index is 2.46. The van der Waals surface area contributed by atoms with Crippen molar-refractivity contribution in [2.75, 3.05) is 7.11 Å². The first-order chi connectivity index (χ1) is 15.6. The minimum atomic E-state index is -0.818. The number of hydrogen-bond acceptors (Lipinski definition) is 5. The van der Waals surface area contributed by atoms with Crippen molar-refractivity contribution >= 4 is 0 Å². The molecule has 0 amide bonds. The molecule has 0 aliphatic heterocycles. The quantitative estimate of drug-likeness (QED) is 0.540. The summed E-state index contributed by atoms with van der Waals surface area (Å²) in [6.45, 7) is 7.85. The fourth-order valence-electron chi connectivity index (χ4n) is 3.94. The van der Waals surface area contributed by atoms with Crippen LogP contribution in [0.4, 0.5) is 0 Å². The van der Waals surface area contributed by atoms with Crippen molar-refractivity contribution in [3.8, 4) is 17.2 Å². The zero-order valence-electron chi connectivity index (χ0n) is 19.6. The zero-order chi connectivity index (χ0) is 24.3. The fraction of sp³-hybridized carbons (Fsp3) is 0.286. The highest BCUT2D eigenvalue weighted by atomic mass is 16.5. The number of methoxy groups -OCH3 is 1. The number of ether oxygens (including phenoxy) is 1. The van der Waals surface area contributed by atoms with Crippen molar-refractivity contribution in [1.82, 2.24) is 0 Å². The Kier molecular flexibility index (Phi) is 7.22. The van der Waals surface area contributed by atoms with Gasteiger partial charge in [-0.3, -0.25) is 9.59 Å². The third-order valence-corrected chi connectivity index (χ3v) is 5.93. The van der Waals surface area contributed by atoms with Gasteiger partial charge >= 0.3 is 0 Å². The van der Waals surface area contributed by atoms with Crippen LogP contribution in [-0.4, -0.2) is 17.3 Å². The fourth-order valence-corrected chi connectivity index (χ4v) is 3.94. The van der Waals surface area contributed by atoms with Crippen LogP contribution in [0.2, 0.25) is 0 Å². The smallest absolute Gasteiger partial charge is 0.220 e. The molecular formula is C28H30O5. The van der Waals surface area contributed by atoms with Crippen LogP contribution in [0.3, 0.4) is 0 Å². The number of rotatable bonds is 6. The third-order valence-electron chi connectivity index (χ3n) is 5.93. The summed E-state index contributed by atoms with van der Waals surface area (Å²) in [5.74, 6) is -1.02. The Morgan fingerprint density at radius 2 is 1.12 bits per heavy atom. The maximum Gasteiger partial charge on any atom is 0.220 e. The van der Waals surface area contributed by atoms with E-state index in [-0.39, 0.29) is 23.0 Å². The molecule has 0 saturated heterocycles. The van der Waals surface area contributed by atoms with Gasteiger partial charge in [0.25, 0.3) is 0 Å². The van der Waals surface area contributed by atoms with E-state index in [1.54, 1.807) is 48.5 Å².